The van der Waals surface area contributed by atoms with Crippen molar-refractivity contribution in [2.75, 3.05) is 19.6 Å². The van der Waals surface area contributed by atoms with Gasteiger partial charge in [-0.05, 0) is 49.7 Å². The smallest absolute Gasteiger partial charge is 0.152 e. The molecule has 0 aliphatic carbocycles. The van der Waals surface area contributed by atoms with Crippen LogP contribution < -0.4 is 0 Å². The van der Waals surface area contributed by atoms with Crippen LogP contribution in [0.1, 0.15) is 42.7 Å². The first kappa shape index (κ1) is 17.8. The van der Waals surface area contributed by atoms with Crippen molar-refractivity contribution in [3.63, 3.8) is 0 Å². The Labute approximate surface area is 158 Å². The first-order valence-corrected chi connectivity index (χ1v) is 9.49. The van der Waals surface area contributed by atoms with Crippen molar-refractivity contribution < 1.29 is 0 Å². The molecule has 0 saturated carbocycles. The van der Waals surface area contributed by atoms with Crippen LogP contribution in [-0.2, 0) is 20.1 Å². The maximum absolute atomic E-state index is 4.53. The number of tetrazole rings is 1. The Morgan fingerprint density at radius 1 is 1.22 bits per heavy atom. The quantitative estimate of drug-likeness (QED) is 0.602. The number of aryl methyl sites for hydroxylation is 2. The normalized spacial score (nSPS) is 18.2. The maximum Gasteiger partial charge on any atom is 0.152 e. The first-order valence-electron chi connectivity index (χ1n) is 9.49. The summed E-state index contributed by atoms with van der Waals surface area (Å²) in [5.74, 6) is 3.49. The van der Waals surface area contributed by atoms with Crippen LogP contribution >= 0.6 is 0 Å². The second-order valence-electron chi connectivity index (χ2n) is 7.20. The van der Waals surface area contributed by atoms with E-state index in [0.29, 0.717) is 12.5 Å². The SMILES string of the molecule is Cc1nccn1Cc1nnc(C2CCCN(CCCn3cnnn3)C2)n1C. The molecule has 0 spiro atoms. The Hall–Kier alpha value is -2.62. The van der Waals surface area contributed by atoms with Gasteiger partial charge in [0.1, 0.15) is 18.0 Å². The summed E-state index contributed by atoms with van der Waals surface area (Å²) < 4.78 is 6.04. The van der Waals surface area contributed by atoms with E-state index in [-0.39, 0.29) is 0 Å². The standard InChI is InChI=1S/C17H26N10/c1-14-18-6-10-26(14)12-16-20-21-17(24(16)2)15-5-3-7-25(11-15)8-4-9-27-13-19-22-23-27/h6,10,13,15H,3-5,7-9,11-12H2,1-2H3. The molecule has 3 aromatic rings. The van der Waals surface area contributed by atoms with Gasteiger partial charge in [0.25, 0.3) is 0 Å². The van der Waals surface area contributed by atoms with Crippen molar-refractivity contribution in [3.8, 4) is 0 Å². The van der Waals surface area contributed by atoms with Gasteiger partial charge in [0.15, 0.2) is 5.82 Å². The third-order valence-corrected chi connectivity index (χ3v) is 5.36. The summed E-state index contributed by atoms with van der Waals surface area (Å²) in [6.07, 6.45) is 8.87. The summed E-state index contributed by atoms with van der Waals surface area (Å²) in [4.78, 5) is 6.80. The van der Waals surface area contributed by atoms with Crippen molar-refractivity contribution >= 4 is 0 Å². The number of hydrogen-bond acceptors (Lipinski definition) is 7. The average Bonchev–Trinajstić information content (AvgIpc) is 3.40. The largest absolute Gasteiger partial charge is 0.328 e. The molecule has 0 bridgehead atoms. The zero-order valence-corrected chi connectivity index (χ0v) is 15.9. The van der Waals surface area contributed by atoms with Crippen LogP contribution in [0.5, 0.6) is 0 Å². The van der Waals surface area contributed by atoms with Gasteiger partial charge in [-0.3, -0.25) is 0 Å². The minimum atomic E-state index is 0.432. The molecule has 0 amide bonds. The molecule has 0 N–H and O–H groups in total. The third kappa shape index (κ3) is 4.05. The fourth-order valence-corrected chi connectivity index (χ4v) is 3.80. The highest BCUT2D eigenvalue weighted by atomic mass is 15.5. The minimum Gasteiger partial charge on any atom is -0.328 e. The highest BCUT2D eigenvalue weighted by Gasteiger charge is 2.25. The van der Waals surface area contributed by atoms with E-state index in [9.17, 15) is 0 Å². The highest BCUT2D eigenvalue weighted by molar-refractivity contribution is 5.05. The van der Waals surface area contributed by atoms with E-state index in [1.807, 2.05) is 19.3 Å². The zero-order chi connectivity index (χ0) is 18.6. The number of rotatable bonds is 7. The summed E-state index contributed by atoms with van der Waals surface area (Å²) in [6, 6.07) is 0. The number of hydrogen-bond donors (Lipinski definition) is 0. The monoisotopic (exact) mass is 370 g/mol. The maximum atomic E-state index is 4.53. The van der Waals surface area contributed by atoms with Gasteiger partial charge in [0, 0.05) is 38.4 Å². The number of nitrogens with zero attached hydrogens (tertiary/aromatic N) is 10. The van der Waals surface area contributed by atoms with Gasteiger partial charge in [-0.1, -0.05) is 0 Å². The Morgan fingerprint density at radius 2 is 2.15 bits per heavy atom. The Morgan fingerprint density at radius 3 is 2.93 bits per heavy atom. The van der Waals surface area contributed by atoms with Crippen molar-refractivity contribution in [1.82, 2.24) is 49.4 Å². The first-order chi connectivity index (χ1) is 13.2. The van der Waals surface area contributed by atoms with Gasteiger partial charge in [-0.2, -0.15) is 0 Å². The molecule has 0 aromatic carbocycles. The van der Waals surface area contributed by atoms with Gasteiger partial charge in [0.2, 0.25) is 0 Å². The van der Waals surface area contributed by atoms with Crippen LogP contribution in [0.25, 0.3) is 0 Å². The minimum absolute atomic E-state index is 0.432. The van der Waals surface area contributed by atoms with E-state index in [1.54, 1.807) is 11.0 Å². The molecule has 1 saturated heterocycles. The van der Waals surface area contributed by atoms with E-state index in [4.69, 9.17) is 0 Å². The summed E-state index contributed by atoms with van der Waals surface area (Å²) in [5, 5.41) is 20.3. The zero-order valence-electron chi connectivity index (χ0n) is 15.9. The van der Waals surface area contributed by atoms with Crippen LogP contribution in [0.15, 0.2) is 18.7 Å². The third-order valence-electron chi connectivity index (χ3n) is 5.36. The second-order valence-corrected chi connectivity index (χ2v) is 7.20. The van der Waals surface area contributed by atoms with Crippen LogP contribution in [-0.4, -0.2) is 69.1 Å². The predicted octanol–water partition coefficient (Wildman–Crippen LogP) is 0.625. The Bertz CT molecular complexity index is 849. The lowest BCUT2D eigenvalue weighted by molar-refractivity contribution is 0.197. The molecule has 1 atom stereocenters. The molecule has 10 nitrogen and oxygen atoms in total. The second kappa shape index (κ2) is 7.95. The molecule has 1 fully saturated rings. The molecule has 144 valence electrons. The molecule has 4 rings (SSSR count). The van der Waals surface area contributed by atoms with Gasteiger partial charge in [-0.15, -0.1) is 15.3 Å². The summed E-state index contributed by atoms with van der Waals surface area (Å²) in [5.41, 5.74) is 0. The number of imidazole rings is 1. The Balaban J connectivity index is 1.36. The fourth-order valence-electron chi connectivity index (χ4n) is 3.80. The van der Waals surface area contributed by atoms with Crippen LogP contribution in [0.3, 0.4) is 0 Å². The van der Waals surface area contributed by atoms with Crippen molar-refractivity contribution in [1.29, 1.82) is 0 Å². The molecule has 10 heteroatoms. The lowest BCUT2D eigenvalue weighted by atomic mass is 9.97. The van der Waals surface area contributed by atoms with Crippen LogP contribution in [0.4, 0.5) is 0 Å². The predicted molar refractivity (Wildman–Crippen MR) is 97.9 cm³/mol. The van der Waals surface area contributed by atoms with E-state index in [1.165, 1.54) is 12.8 Å². The van der Waals surface area contributed by atoms with Crippen molar-refractivity contribution in [2.45, 2.75) is 45.2 Å². The lowest BCUT2D eigenvalue weighted by Crippen LogP contribution is -2.36. The van der Waals surface area contributed by atoms with Crippen molar-refractivity contribution in [2.24, 2.45) is 7.05 Å². The lowest BCUT2D eigenvalue weighted by Gasteiger charge is -2.32. The Kier molecular flexibility index (Phi) is 5.23. The van der Waals surface area contributed by atoms with Gasteiger partial charge in [0.05, 0.1) is 6.54 Å². The molecular formula is C17H26N10. The highest BCUT2D eigenvalue weighted by Crippen LogP contribution is 2.26. The number of piperidine rings is 1. The average molecular weight is 370 g/mol. The van der Waals surface area contributed by atoms with Gasteiger partial charge in [-0.25, -0.2) is 9.67 Å². The van der Waals surface area contributed by atoms with Crippen LogP contribution in [0.2, 0.25) is 0 Å². The van der Waals surface area contributed by atoms with Crippen LogP contribution in [0, 0.1) is 6.92 Å². The summed E-state index contributed by atoms with van der Waals surface area (Å²) in [6.45, 7) is 6.79. The molecule has 1 aliphatic heterocycles. The topological polar surface area (TPSA) is 95.4 Å². The molecular weight excluding hydrogens is 344 g/mol. The molecule has 0 radical (unpaired) electrons. The molecule has 1 unspecified atom stereocenters. The summed E-state index contributed by atoms with van der Waals surface area (Å²) in [7, 11) is 2.08. The van der Waals surface area contributed by atoms with E-state index in [0.717, 1.165) is 50.1 Å². The molecule has 3 aromatic heterocycles. The van der Waals surface area contributed by atoms with E-state index >= 15 is 0 Å². The summed E-state index contributed by atoms with van der Waals surface area (Å²) >= 11 is 0. The van der Waals surface area contributed by atoms with Gasteiger partial charge < -0.3 is 14.0 Å². The molecule has 4 heterocycles. The number of likely N-dealkylation sites (tertiary alicyclic amines) is 1. The number of aromatic nitrogens is 9. The molecule has 1 aliphatic rings. The van der Waals surface area contributed by atoms with E-state index in [2.05, 4.69) is 51.8 Å². The van der Waals surface area contributed by atoms with Crippen molar-refractivity contribution in [3.05, 3.63) is 36.2 Å². The van der Waals surface area contributed by atoms with E-state index < -0.39 is 0 Å². The molecule has 27 heavy (non-hydrogen) atoms. The van der Waals surface area contributed by atoms with Gasteiger partial charge >= 0.3 is 0 Å². The fraction of sp³-hybridized carbons (Fsp3) is 0.647.